The quantitative estimate of drug-likeness (QED) is 0.371. The molecular formula is C28H26O4. The molecule has 0 fully saturated rings. The van der Waals surface area contributed by atoms with Crippen LogP contribution in [0.5, 0.6) is 11.5 Å². The first kappa shape index (κ1) is 21.6. The van der Waals surface area contributed by atoms with E-state index in [0.29, 0.717) is 11.5 Å². The van der Waals surface area contributed by atoms with Crippen LogP contribution in [-0.4, -0.2) is 11.9 Å². The van der Waals surface area contributed by atoms with E-state index < -0.39 is 0 Å². The molecule has 0 unspecified atom stereocenters. The molecule has 4 heteroatoms. The number of ether oxygens (including phenoxy) is 2. The van der Waals surface area contributed by atoms with Crippen LogP contribution >= 0.6 is 0 Å². The van der Waals surface area contributed by atoms with E-state index in [-0.39, 0.29) is 17.9 Å². The Kier molecular flexibility index (Phi) is 5.70. The zero-order chi connectivity index (χ0) is 23.0. The molecule has 1 aliphatic carbocycles. The Morgan fingerprint density at radius 1 is 0.750 bits per heavy atom. The van der Waals surface area contributed by atoms with Crippen LogP contribution in [-0.2, 0) is 9.59 Å². The van der Waals surface area contributed by atoms with E-state index in [4.69, 9.17) is 9.47 Å². The molecule has 1 atom stereocenters. The van der Waals surface area contributed by atoms with Crippen molar-refractivity contribution in [3.63, 3.8) is 0 Å². The predicted octanol–water partition coefficient (Wildman–Crippen LogP) is 6.15. The molecule has 3 aromatic rings. The Morgan fingerprint density at radius 2 is 1.41 bits per heavy atom. The minimum atomic E-state index is -0.362. The molecule has 0 heterocycles. The van der Waals surface area contributed by atoms with E-state index in [0.717, 1.165) is 39.0 Å². The summed E-state index contributed by atoms with van der Waals surface area (Å²) in [4.78, 5) is 23.5. The lowest BCUT2D eigenvalue weighted by atomic mass is 9.84. The van der Waals surface area contributed by atoms with Crippen molar-refractivity contribution >= 4 is 23.6 Å². The van der Waals surface area contributed by atoms with Gasteiger partial charge in [-0.25, -0.2) is 0 Å². The summed E-state index contributed by atoms with van der Waals surface area (Å²) in [5.74, 6) is 0.178. The molecule has 1 aliphatic rings. The smallest absolute Gasteiger partial charge is 0.308 e. The Balaban J connectivity index is 1.95. The van der Waals surface area contributed by atoms with Crippen LogP contribution in [0.15, 0.2) is 54.6 Å². The molecule has 0 saturated carbocycles. The van der Waals surface area contributed by atoms with Gasteiger partial charge in [-0.15, -0.1) is 0 Å². The van der Waals surface area contributed by atoms with Gasteiger partial charge in [0.25, 0.3) is 0 Å². The third-order valence-electron chi connectivity index (χ3n) is 5.54. The maximum Gasteiger partial charge on any atom is 0.308 e. The van der Waals surface area contributed by atoms with Gasteiger partial charge in [-0.05, 0) is 78.4 Å². The van der Waals surface area contributed by atoms with Crippen LogP contribution in [0.25, 0.3) is 11.6 Å². The summed E-state index contributed by atoms with van der Waals surface area (Å²) in [7, 11) is 0. The standard InChI is InChI=1S/C28H26O4/c1-16-6-8-21(9-7-16)25-15-23-11-18(3)13-26(32-20(5)30)28(23)27(25)22-10-17(2)12-24(14-22)31-19(4)29/h6-15,27H,1-5H3/t27-/m0/s1. The summed E-state index contributed by atoms with van der Waals surface area (Å²) < 4.78 is 11.1. The van der Waals surface area contributed by atoms with Crippen molar-refractivity contribution in [2.24, 2.45) is 0 Å². The van der Waals surface area contributed by atoms with Crippen molar-refractivity contribution in [3.8, 4) is 11.5 Å². The zero-order valence-corrected chi connectivity index (χ0v) is 19.0. The minimum absolute atomic E-state index is 0.170. The topological polar surface area (TPSA) is 52.6 Å². The summed E-state index contributed by atoms with van der Waals surface area (Å²) in [6.45, 7) is 8.84. The predicted molar refractivity (Wildman–Crippen MR) is 126 cm³/mol. The lowest BCUT2D eigenvalue weighted by Gasteiger charge is -2.22. The Morgan fingerprint density at radius 3 is 2.06 bits per heavy atom. The molecule has 0 amide bonds. The number of carbonyl (C=O) groups excluding carboxylic acids is 2. The largest absolute Gasteiger partial charge is 0.427 e. The highest BCUT2D eigenvalue weighted by molar-refractivity contribution is 5.95. The second kappa shape index (κ2) is 8.46. The van der Waals surface area contributed by atoms with Crippen molar-refractivity contribution < 1.29 is 19.1 Å². The number of hydrogen-bond donors (Lipinski definition) is 0. The molecule has 0 N–H and O–H groups in total. The molecule has 0 aromatic heterocycles. The lowest BCUT2D eigenvalue weighted by molar-refractivity contribution is -0.132. The molecule has 0 bridgehead atoms. The average Bonchev–Trinajstić information content (AvgIpc) is 3.06. The molecule has 0 radical (unpaired) electrons. The number of carbonyl (C=O) groups is 2. The molecule has 0 saturated heterocycles. The number of allylic oxidation sites excluding steroid dienone is 1. The van der Waals surface area contributed by atoms with Crippen molar-refractivity contribution in [2.45, 2.75) is 40.5 Å². The summed E-state index contributed by atoms with van der Waals surface area (Å²) >= 11 is 0. The Bertz CT molecular complexity index is 1250. The molecule has 32 heavy (non-hydrogen) atoms. The first-order chi connectivity index (χ1) is 15.2. The average molecular weight is 427 g/mol. The highest BCUT2D eigenvalue weighted by atomic mass is 16.5. The molecule has 4 rings (SSSR count). The normalized spacial score (nSPS) is 14.5. The number of esters is 2. The van der Waals surface area contributed by atoms with Crippen LogP contribution < -0.4 is 9.47 Å². The highest BCUT2D eigenvalue weighted by Crippen LogP contribution is 2.50. The van der Waals surface area contributed by atoms with Crippen molar-refractivity contribution in [1.29, 1.82) is 0 Å². The zero-order valence-electron chi connectivity index (χ0n) is 19.0. The molecular weight excluding hydrogens is 400 g/mol. The molecule has 0 aliphatic heterocycles. The molecule has 4 nitrogen and oxygen atoms in total. The molecule has 3 aromatic carbocycles. The van der Waals surface area contributed by atoms with Crippen molar-refractivity contribution in [1.82, 2.24) is 0 Å². The van der Waals surface area contributed by atoms with Crippen LogP contribution in [0.1, 0.15) is 58.7 Å². The van der Waals surface area contributed by atoms with Crippen LogP contribution in [0.3, 0.4) is 0 Å². The van der Waals surface area contributed by atoms with Crippen LogP contribution in [0.4, 0.5) is 0 Å². The van der Waals surface area contributed by atoms with Gasteiger partial charge in [0, 0.05) is 25.3 Å². The second-order valence-electron chi connectivity index (χ2n) is 8.43. The van der Waals surface area contributed by atoms with Gasteiger partial charge in [-0.2, -0.15) is 0 Å². The lowest BCUT2D eigenvalue weighted by Crippen LogP contribution is -2.09. The SMILES string of the molecule is CC(=O)Oc1cc(C)cc([C@H]2C(c3ccc(C)cc3)=Cc3cc(C)cc(OC(C)=O)c32)c1. The van der Waals surface area contributed by atoms with E-state index in [9.17, 15) is 9.59 Å². The fourth-order valence-corrected chi connectivity index (χ4v) is 4.38. The summed E-state index contributed by atoms with van der Waals surface area (Å²) in [5.41, 5.74) is 8.34. The van der Waals surface area contributed by atoms with E-state index in [2.05, 4.69) is 49.4 Å². The summed E-state index contributed by atoms with van der Waals surface area (Å²) in [5, 5.41) is 0. The molecule has 0 spiro atoms. The third kappa shape index (κ3) is 4.35. The summed E-state index contributed by atoms with van der Waals surface area (Å²) in [6.07, 6.45) is 2.17. The minimum Gasteiger partial charge on any atom is -0.427 e. The van der Waals surface area contributed by atoms with E-state index in [1.165, 1.54) is 19.4 Å². The number of aryl methyl sites for hydroxylation is 3. The maximum absolute atomic E-state index is 11.9. The van der Waals surface area contributed by atoms with Gasteiger partial charge in [0.2, 0.25) is 0 Å². The van der Waals surface area contributed by atoms with Gasteiger partial charge in [0.1, 0.15) is 11.5 Å². The Hall–Kier alpha value is -3.66. The van der Waals surface area contributed by atoms with Gasteiger partial charge < -0.3 is 9.47 Å². The van der Waals surface area contributed by atoms with Crippen LogP contribution in [0, 0.1) is 20.8 Å². The Labute approximate surface area is 188 Å². The van der Waals surface area contributed by atoms with E-state index in [1.807, 2.05) is 32.0 Å². The van der Waals surface area contributed by atoms with E-state index in [1.54, 1.807) is 0 Å². The van der Waals surface area contributed by atoms with Gasteiger partial charge in [0.15, 0.2) is 0 Å². The third-order valence-corrected chi connectivity index (χ3v) is 5.54. The summed E-state index contributed by atoms with van der Waals surface area (Å²) in [6, 6.07) is 18.3. The first-order valence-corrected chi connectivity index (χ1v) is 10.6. The number of benzene rings is 3. The van der Waals surface area contributed by atoms with Gasteiger partial charge in [-0.3, -0.25) is 9.59 Å². The maximum atomic E-state index is 11.9. The van der Waals surface area contributed by atoms with Gasteiger partial charge >= 0.3 is 11.9 Å². The monoisotopic (exact) mass is 426 g/mol. The number of rotatable bonds is 4. The molecule has 162 valence electrons. The fraction of sp³-hybridized carbons (Fsp3) is 0.214. The van der Waals surface area contributed by atoms with Gasteiger partial charge in [-0.1, -0.05) is 42.0 Å². The number of fused-ring (bicyclic) bond motifs is 1. The highest BCUT2D eigenvalue weighted by Gasteiger charge is 2.32. The van der Waals surface area contributed by atoms with E-state index >= 15 is 0 Å². The fourth-order valence-electron chi connectivity index (χ4n) is 4.38. The second-order valence-corrected chi connectivity index (χ2v) is 8.43. The first-order valence-electron chi connectivity index (χ1n) is 10.6. The van der Waals surface area contributed by atoms with Crippen molar-refractivity contribution in [3.05, 3.63) is 93.5 Å². The number of hydrogen-bond acceptors (Lipinski definition) is 4. The van der Waals surface area contributed by atoms with Gasteiger partial charge in [0.05, 0.1) is 0 Å². The van der Waals surface area contributed by atoms with Crippen molar-refractivity contribution in [2.75, 3.05) is 0 Å². The van der Waals surface area contributed by atoms with Crippen LogP contribution in [0.2, 0.25) is 0 Å².